The Morgan fingerprint density at radius 3 is 2.48 bits per heavy atom. The molecule has 13 nitrogen and oxygen atoms in total. The van der Waals surface area contributed by atoms with Gasteiger partial charge in [-0.25, -0.2) is 4.79 Å². The number of fused-ring (bicyclic) bond motifs is 1. The first kappa shape index (κ1) is 30.6. The van der Waals surface area contributed by atoms with Crippen molar-refractivity contribution in [2.45, 2.75) is 75.5 Å². The normalized spacial score (nSPS) is 17.2. The maximum Gasteiger partial charge on any atom is 0.326 e. The Kier molecular flexibility index (Phi) is 11.0. The summed E-state index contributed by atoms with van der Waals surface area (Å²) in [5.41, 5.74) is 18.8. The third-order valence-electron chi connectivity index (χ3n) is 7.15. The number of carboxylic acids is 1. The van der Waals surface area contributed by atoms with Crippen LogP contribution in [-0.4, -0.2) is 81.8 Å². The van der Waals surface area contributed by atoms with E-state index >= 15 is 0 Å². The van der Waals surface area contributed by atoms with Gasteiger partial charge in [0.25, 0.3) is 0 Å². The second-order valence-corrected chi connectivity index (χ2v) is 10.1. The molecule has 3 rings (SSSR count). The zero-order valence-electron chi connectivity index (χ0n) is 22.4. The molecule has 4 atom stereocenters. The zero-order valence-corrected chi connectivity index (χ0v) is 22.4. The maximum atomic E-state index is 13.3. The fraction of sp³-hybridized carbons (Fsp3) is 0.519. The molecule has 1 aliphatic rings. The topological polar surface area (TPSA) is 227 Å². The number of aromatic amines is 1. The van der Waals surface area contributed by atoms with Crippen molar-refractivity contribution in [2.24, 2.45) is 17.2 Å². The number of carboxylic acid groups (broad SMARTS) is 1. The van der Waals surface area contributed by atoms with Gasteiger partial charge in [0.15, 0.2) is 0 Å². The van der Waals surface area contributed by atoms with Crippen LogP contribution in [-0.2, 0) is 30.4 Å². The number of nitrogens with zero attached hydrogens (tertiary/aromatic N) is 1. The van der Waals surface area contributed by atoms with E-state index in [9.17, 15) is 29.1 Å². The molecule has 1 aromatic heterocycles. The van der Waals surface area contributed by atoms with Gasteiger partial charge < -0.3 is 42.8 Å². The number of hydrogen-bond donors (Lipinski definition) is 7. The SMILES string of the molecule is NCCCCC(NC(=O)C(CCC(N)=O)NC(=O)C(N)Cc1c[nH]c2ccccc12)C(=O)N1CCCC1C(=O)O. The van der Waals surface area contributed by atoms with Crippen LogP contribution in [0, 0.1) is 0 Å². The van der Waals surface area contributed by atoms with Crippen LogP contribution in [0.5, 0.6) is 0 Å². The molecule has 10 N–H and O–H groups in total. The first-order chi connectivity index (χ1) is 19.1. The lowest BCUT2D eigenvalue weighted by atomic mass is 10.0. The number of aliphatic carboxylic acids is 1. The van der Waals surface area contributed by atoms with E-state index in [1.165, 1.54) is 4.90 Å². The minimum atomic E-state index is -1.19. The Morgan fingerprint density at radius 1 is 1.05 bits per heavy atom. The first-order valence-electron chi connectivity index (χ1n) is 13.5. The summed E-state index contributed by atoms with van der Waals surface area (Å²) >= 11 is 0. The van der Waals surface area contributed by atoms with E-state index in [1.54, 1.807) is 6.20 Å². The molecule has 218 valence electrons. The number of benzene rings is 1. The summed E-state index contributed by atoms with van der Waals surface area (Å²) in [5.74, 6) is -3.57. The average Bonchev–Trinajstić information content (AvgIpc) is 3.58. The smallest absolute Gasteiger partial charge is 0.326 e. The third kappa shape index (κ3) is 8.02. The summed E-state index contributed by atoms with van der Waals surface area (Å²) in [6.45, 7) is 0.658. The molecule has 40 heavy (non-hydrogen) atoms. The summed E-state index contributed by atoms with van der Waals surface area (Å²) in [6.07, 6.45) is 3.92. The van der Waals surface area contributed by atoms with Crippen molar-refractivity contribution in [3.05, 3.63) is 36.0 Å². The number of primary amides is 1. The molecule has 2 aromatic rings. The number of amides is 4. The van der Waals surface area contributed by atoms with Gasteiger partial charge in [0.1, 0.15) is 18.1 Å². The van der Waals surface area contributed by atoms with Crippen LogP contribution in [0.25, 0.3) is 10.9 Å². The lowest BCUT2D eigenvalue weighted by Crippen LogP contribution is -2.57. The second kappa shape index (κ2) is 14.4. The standard InChI is InChI=1S/C27H39N7O6/c28-12-4-3-8-21(26(38)34-13-5-9-22(34)27(39)40)33-25(37)20(10-11-23(30)35)32-24(36)18(29)14-16-15-31-19-7-2-1-6-17(16)19/h1-2,6-7,15,18,20-22,31H,3-5,8-14,28-29H2,(H2,30,35)(H,32,36)(H,33,37)(H,39,40). The minimum absolute atomic E-state index is 0.0993. The number of nitrogens with one attached hydrogen (secondary N) is 3. The molecule has 4 amide bonds. The van der Waals surface area contributed by atoms with E-state index in [-0.39, 0.29) is 32.2 Å². The Morgan fingerprint density at radius 2 is 1.77 bits per heavy atom. The van der Waals surface area contributed by atoms with Crippen molar-refractivity contribution in [1.82, 2.24) is 20.5 Å². The monoisotopic (exact) mass is 557 g/mol. The average molecular weight is 558 g/mol. The molecule has 0 saturated carbocycles. The first-order valence-corrected chi connectivity index (χ1v) is 13.5. The van der Waals surface area contributed by atoms with Crippen molar-refractivity contribution in [3.8, 4) is 0 Å². The third-order valence-corrected chi connectivity index (χ3v) is 7.15. The predicted molar refractivity (Wildman–Crippen MR) is 148 cm³/mol. The fourth-order valence-corrected chi connectivity index (χ4v) is 4.97. The van der Waals surface area contributed by atoms with E-state index in [4.69, 9.17) is 17.2 Å². The van der Waals surface area contributed by atoms with Crippen molar-refractivity contribution < 1.29 is 29.1 Å². The number of rotatable bonds is 15. The van der Waals surface area contributed by atoms with Crippen LogP contribution in [0.15, 0.2) is 30.5 Å². The largest absolute Gasteiger partial charge is 0.480 e. The van der Waals surface area contributed by atoms with E-state index in [2.05, 4.69) is 15.6 Å². The van der Waals surface area contributed by atoms with E-state index in [0.717, 1.165) is 16.5 Å². The number of para-hydroxylation sites is 1. The van der Waals surface area contributed by atoms with Crippen molar-refractivity contribution in [2.75, 3.05) is 13.1 Å². The number of hydrogen-bond acceptors (Lipinski definition) is 7. The summed E-state index contributed by atoms with van der Waals surface area (Å²) < 4.78 is 0. The Balaban J connectivity index is 1.72. The molecule has 0 aliphatic carbocycles. The van der Waals surface area contributed by atoms with Gasteiger partial charge >= 0.3 is 5.97 Å². The zero-order chi connectivity index (χ0) is 29.2. The molecular weight excluding hydrogens is 518 g/mol. The van der Waals surface area contributed by atoms with Crippen LogP contribution in [0.2, 0.25) is 0 Å². The van der Waals surface area contributed by atoms with Gasteiger partial charge in [-0.15, -0.1) is 0 Å². The number of carbonyl (C=O) groups excluding carboxylic acids is 4. The number of carbonyl (C=O) groups is 5. The van der Waals surface area contributed by atoms with Crippen molar-refractivity contribution >= 4 is 40.5 Å². The summed E-state index contributed by atoms with van der Waals surface area (Å²) in [5, 5.41) is 15.7. The quantitative estimate of drug-likeness (QED) is 0.141. The molecular formula is C27H39N7O6. The lowest BCUT2D eigenvalue weighted by Gasteiger charge is -2.29. The van der Waals surface area contributed by atoms with E-state index in [1.807, 2.05) is 24.3 Å². The molecule has 13 heteroatoms. The maximum absolute atomic E-state index is 13.3. The van der Waals surface area contributed by atoms with Gasteiger partial charge in [0.2, 0.25) is 23.6 Å². The highest BCUT2D eigenvalue weighted by molar-refractivity contribution is 5.95. The van der Waals surface area contributed by atoms with Crippen LogP contribution < -0.4 is 27.8 Å². The summed E-state index contributed by atoms with van der Waals surface area (Å²) in [6, 6.07) is 3.41. The second-order valence-electron chi connectivity index (χ2n) is 10.1. The molecule has 0 radical (unpaired) electrons. The molecule has 1 aliphatic heterocycles. The van der Waals surface area contributed by atoms with Gasteiger partial charge in [0, 0.05) is 30.1 Å². The minimum Gasteiger partial charge on any atom is -0.480 e. The molecule has 1 saturated heterocycles. The number of unbranched alkanes of at least 4 members (excludes halogenated alkanes) is 1. The van der Waals surface area contributed by atoms with E-state index < -0.39 is 53.8 Å². The predicted octanol–water partition coefficient (Wildman–Crippen LogP) is -0.523. The van der Waals surface area contributed by atoms with Gasteiger partial charge in [-0.2, -0.15) is 0 Å². The van der Waals surface area contributed by atoms with Crippen LogP contribution in [0.1, 0.15) is 50.5 Å². The van der Waals surface area contributed by atoms with Gasteiger partial charge in [-0.05, 0) is 63.1 Å². The number of aromatic nitrogens is 1. The molecule has 2 heterocycles. The Bertz CT molecular complexity index is 1210. The van der Waals surface area contributed by atoms with Crippen LogP contribution in [0.4, 0.5) is 0 Å². The highest BCUT2D eigenvalue weighted by Crippen LogP contribution is 2.21. The highest BCUT2D eigenvalue weighted by Gasteiger charge is 2.38. The molecule has 1 aromatic carbocycles. The molecule has 0 spiro atoms. The highest BCUT2D eigenvalue weighted by atomic mass is 16.4. The Labute approximate surface area is 232 Å². The Hall–Kier alpha value is -3.97. The van der Waals surface area contributed by atoms with Crippen LogP contribution in [0.3, 0.4) is 0 Å². The van der Waals surface area contributed by atoms with Crippen molar-refractivity contribution in [3.63, 3.8) is 0 Å². The summed E-state index contributed by atoms with van der Waals surface area (Å²) in [4.78, 5) is 67.2. The molecule has 0 bridgehead atoms. The molecule has 1 fully saturated rings. The summed E-state index contributed by atoms with van der Waals surface area (Å²) in [7, 11) is 0. The molecule has 4 unspecified atom stereocenters. The lowest BCUT2D eigenvalue weighted by molar-refractivity contribution is -0.149. The fourth-order valence-electron chi connectivity index (χ4n) is 4.97. The number of H-pyrrole nitrogens is 1. The van der Waals surface area contributed by atoms with Gasteiger partial charge in [0.05, 0.1) is 6.04 Å². The number of likely N-dealkylation sites (tertiary alicyclic amines) is 1. The van der Waals surface area contributed by atoms with Gasteiger partial charge in [-0.1, -0.05) is 18.2 Å². The van der Waals surface area contributed by atoms with Crippen molar-refractivity contribution in [1.29, 1.82) is 0 Å². The van der Waals surface area contributed by atoms with E-state index in [0.29, 0.717) is 32.2 Å². The van der Waals surface area contributed by atoms with Gasteiger partial charge in [-0.3, -0.25) is 19.2 Å². The number of nitrogens with two attached hydrogens (primary N) is 3. The van der Waals surface area contributed by atoms with Crippen LogP contribution >= 0.6 is 0 Å².